The molecular weight excluding hydrogens is 340 g/mol. The van der Waals surface area contributed by atoms with Crippen LogP contribution in [0.25, 0.3) is 17.0 Å². The van der Waals surface area contributed by atoms with Crippen LogP contribution in [0.4, 0.5) is 11.5 Å². The summed E-state index contributed by atoms with van der Waals surface area (Å²) in [6.07, 6.45) is 0. The van der Waals surface area contributed by atoms with Gasteiger partial charge in [0.1, 0.15) is 11.5 Å². The van der Waals surface area contributed by atoms with Crippen molar-refractivity contribution in [2.75, 3.05) is 12.4 Å². The number of phenols is 1. The van der Waals surface area contributed by atoms with E-state index >= 15 is 0 Å². The van der Waals surface area contributed by atoms with Crippen molar-refractivity contribution < 1.29 is 9.84 Å². The van der Waals surface area contributed by atoms with Crippen LogP contribution in [-0.4, -0.2) is 26.6 Å². The molecular formula is C21H20N4O2. The molecule has 0 fully saturated rings. The van der Waals surface area contributed by atoms with E-state index < -0.39 is 0 Å². The van der Waals surface area contributed by atoms with Crippen LogP contribution in [0, 0.1) is 13.8 Å². The number of phenolic OH excluding ortho intramolecular Hbond substituents is 1. The van der Waals surface area contributed by atoms with Gasteiger partial charge in [-0.3, -0.25) is 4.40 Å². The molecule has 0 aliphatic carbocycles. The Balaban J connectivity index is 1.96. The van der Waals surface area contributed by atoms with E-state index in [-0.39, 0.29) is 5.75 Å². The highest BCUT2D eigenvalue weighted by molar-refractivity contribution is 5.80. The fourth-order valence-corrected chi connectivity index (χ4v) is 3.17. The second-order valence-corrected chi connectivity index (χ2v) is 6.36. The summed E-state index contributed by atoms with van der Waals surface area (Å²) in [5, 5.41) is 13.4. The number of nitrogens with zero attached hydrogens (tertiary/aromatic N) is 3. The first-order valence-corrected chi connectivity index (χ1v) is 8.63. The number of ether oxygens (including phenoxy) is 1. The van der Waals surface area contributed by atoms with Crippen molar-refractivity contribution in [1.29, 1.82) is 0 Å². The van der Waals surface area contributed by atoms with Crippen LogP contribution in [0.2, 0.25) is 0 Å². The predicted molar refractivity (Wildman–Crippen MR) is 106 cm³/mol. The van der Waals surface area contributed by atoms with Gasteiger partial charge in [-0.05, 0) is 50.2 Å². The summed E-state index contributed by atoms with van der Waals surface area (Å²) in [5.41, 5.74) is 4.45. The lowest BCUT2D eigenvalue weighted by atomic mass is 10.1. The molecule has 0 radical (unpaired) electrons. The van der Waals surface area contributed by atoms with Gasteiger partial charge in [-0.25, -0.2) is 9.97 Å². The standard InChI is InChI=1S/C21H20N4O2/c1-13-11-14(2)25-20(23-16-7-5-4-6-8-16)19(24-21(25)22-13)15-9-10-17(26)18(12-15)27-3/h4-12,23,26H,1-3H3. The Kier molecular flexibility index (Phi) is 4.16. The Morgan fingerprint density at radius 2 is 1.78 bits per heavy atom. The number of hydrogen-bond acceptors (Lipinski definition) is 5. The Morgan fingerprint density at radius 3 is 2.52 bits per heavy atom. The molecule has 27 heavy (non-hydrogen) atoms. The third kappa shape index (κ3) is 3.06. The molecule has 0 atom stereocenters. The Labute approximate surface area is 157 Å². The normalized spacial score (nSPS) is 10.9. The Hall–Kier alpha value is -3.54. The van der Waals surface area contributed by atoms with Crippen molar-refractivity contribution in [2.24, 2.45) is 0 Å². The van der Waals surface area contributed by atoms with Crippen LogP contribution < -0.4 is 10.1 Å². The summed E-state index contributed by atoms with van der Waals surface area (Å²) >= 11 is 0. The highest BCUT2D eigenvalue weighted by atomic mass is 16.5. The van der Waals surface area contributed by atoms with Gasteiger partial charge < -0.3 is 15.2 Å². The van der Waals surface area contributed by atoms with Gasteiger partial charge in [-0.2, -0.15) is 0 Å². The minimum absolute atomic E-state index is 0.0905. The number of para-hydroxylation sites is 1. The van der Waals surface area contributed by atoms with Gasteiger partial charge in [0.05, 0.1) is 7.11 Å². The molecule has 4 rings (SSSR count). The molecule has 0 saturated carbocycles. The van der Waals surface area contributed by atoms with Gasteiger partial charge in [0.15, 0.2) is 11.5 Å². The lowest BCUT2D eigenvalue weighted by molar-refractivity contribution is 0.373. The van der Waals surface area contributed by atoms with Crippen LogP contribution in [0.15, 0.2) is 54.6 Å². The molecule has 2 aromatic heterocycles. The average molecular weight is 360 g/mol. The third-order valence-corrected chi connectivity index (χ3v) is 4.40. The van der Waals surface area contributed by atoms with Crippen LogP contribution in [0.5, 0.6) is 11.5 Å². The molecule has 0 amide bonds. The molecule has 0 aliphatic rings. The molecule has 0 saturated heterocycles. The average Bonchev–Trinajstić information content (AvgIpc) is 3.01. The maximum Gasteiger partial charge on any atom is 0.236 e. The molecule has 2 heterocycles. The van der Waals surface area contributed by atoms with Crippen molar-refractivity contribution in [3.63, 3.8) is 0 Å². The summed E-state index contributed by atoms with van der Waals surface area (Å²) in [6, 6.07) is 17.1. The number of methoxy groups -OCH3 is 1. The van der Waals surface area contributed by atoms with E-state index in [1.807, 2.05) is 60.7 Å². The lowest BCUT2D eigenvalue weighted by Crippen LogP contribution is -2.01. The molecule has 0 spiro atoms. The minimum atomic E-state index is 0.0905. The number of fused-ring (bicyclic) bond motifs is 1. The molecule has 2 aromatic carbocycles. The number of imidazole rings is 1. The number of aromatic nitrogens is 3. The zero-order chi connectivity index (χ0) is 19.0. The van der Waals surface area contributed by atoms with Gasteiger partial charge in [-0.1, -0.05) is 18.2 Å². The van der Waals surface area contributed by atoms with E-state index in [2.05, 4.69) is 10.3 Å². The summed E-state index contributed by atoms with van der Waals surface area (Å²) in [6.45, 7) is 3.98. The zero-order valence-corrected chi connectivity index (χ0v) is 15.4. The first-order chi connectivity index (χ1) is 13.1. The molecule has 0 aliphatic heterocycles. The second-order valence-electron chi connectivity index (χ2n) is 6.36. The summed E-state index contributed by atoms with van der Waals surface area (Å²) < 4.78 is 7.26. The maximum atomic E-state index is 9.93. The quantitative estimate of drug-likeness (QED) is 0.562. The first kappa shape index (κ1) is 16.9. The number of aryl methyl sites for hydroxylation is 2. The summed E-state index contributed by atoms with van der Waals surface area (Å²) in [5.74, 6) is 1.92. The molecule has 4 aromatic rings. The third-order valence-electron chi connectivity index (χ3n) is 4.40. The summed E-state index contributed by atoms with van der Waals surface area (Å²) in [4.78, 5) is 9.33. The number of anilines is 2. The number of benzene rings is 2. The fourth-order valence-electron chi connectivity index (χ4n) is 3.17. The van der Waals surface area contributed by atoms with E-state index in [1.54, 1.807) is 12.1 Å². The van der Waals surface area contributed by atoms with Crippen LogP contribution in [0.1, 0.15) is 11.4 Å². The molecule has 0 unspecified atom stereocenters. The van der Waals surface area contributed by atoms with Crippen molar-refractivity contribution in [3.05, 3.63) is 66.0 Å². The van der Waals surface area contributed by atoms with Crippen molar-refractivity contribution >= 4 is 17.3 Å². The van der Waals surface area contributed by atoms with E-state index in [1.165, 1.54) is 7.11 Å². The van der Waals surface area contributed by atoms with Crippen molar-refractivity contribution in [1.82, 2.24) is 14.4 Å². The van der Waals surface area contributed by atoms with Crippen molar-refractivity contribution in [3.8, 4) is 22.8 Å². The highest BCUT2D eigenvalue weighted by Crippen LogP contribution is 2.36. The van der Waals surface area contributed by atoms with E-state index in [0.29, 0.717) is 11.5 Å². The lowest BCUT2D eigenvalue weighted by Gasteiger charge is -2.11. The number of nitrogens with one attached hydrogen (secondary N) is 1. The maximum absolute atomic E-state index is 9.93. The molecule has 136 valence electrons. The molecule has 6 heteroatoms. The number of rotatable bonds is 4. The monoisotopic (exact) mass is 360 g/mol. The zero-order valence-electron chi connectivity index (χ0n) is 15.4. The number of aromatic hydroxyl groups is 1. The SMILES string of the molecule is COc1cc(-c2nc3nc(C)cc(C)n3c2Nc2ccccc2)ccc1O. The highest BCUT2D eigenvalue weighted by Gasteiger charge is 2.18. The van der Waals surface area contributed by atoms with E-state index in [0.717, 1.165) is 34.2 Å². The van der Waals surface area contributed by atoms with Gasteiger partial charge in [0, 0.05) is 22.6 Å². The van der Waals surface area contributed by atoms with Gasteiger partial charge in [-0.15, -0.1) is 0 Å². The predicted octanol–water partition coefficient (Wildman–Crippen LogP) is 4.47. The smallest absolute Gasteiger partial charge is 0.236 e. The molecule has 6 nitrogen and oxygen atoms in total. The van der Waals surface area contributed by atoms with Gasteiger partial charge in [0.2, 0.25) is 5.78 Å². The van der Waals surface area contributed by atoms with Crippen molar-refractivity contribution in [2.45, 2.75) is 13.8 Å². The molecule has 0 bridgehead atoms. The topological polar surface area (TPSA) is 71.7 Å². The Morgan fingerprint density at radius 1 is 1.00 bits per heavy atom. The van der Waals surface area contributed by atoms with Crippen LogP contribution in [0.3, 0.4) is 0 Å². The summed E-state index contributed by atoms with van der Waals surface area (Å²) in [7, 11) is 1.53. The molecule has 2 N–H and O–H groups in total. The van der Waals surface area contributed by atoms with Crippen LogP contribution in [-0.2, 0) is 0 Å². The van der Waals surface area contributed by atoms with Crippen LogP contribution >= 0.6 is 0 Å². The minimum Gasteiger partial charge on any atom is -0.504 e. The largest absolute Gasteiger partial charge is 0.504 e. The van der Waals surface area contributed by atoms with Gasteiger partial charge >= 0.3 is 0 Å². The van der Waals surface area contributed by atoms with Gasteiger partial charge in [0.25, 0.3) is 0 Å². The second kappa shape index (κ2) is 6.64. The first-order valence-electron chi connectivity index (χ1n) is 8.63. The Bertz CT molecular complexity index is 1120. The van der Waals surface area contributed by atoms with E-state index in [4.69, 9.17) is 9.72 Å². The van der Waals surface area contributed by atoms with E-state index in [9.17, 15) is 5.11 Å². The fraction of sp³-hybridized carbons (Fsp3) is 0.143. The number of hydrogen-bond donors (Lipinski definition) is 2.